The molecular weight excluding hydrogens is 568 g/mol. The summed E-state index contributed by atoms with van der Waals surface area (Å²) < 4.78 is 1.06. The van der Waals surface area contributed by atoms with Gasteiger partial charge in [-0.15, -0.1) is 0 Å². The number of fused-ring (bicyclic) bond motifs is 3. The van der Waals surface area contributed by atoms with Gasteiger partial charge in [0.15, 0.2) is 5.78 Å². The third-order valence-corrected chi connectivity index (χ3v) is 8.55. The Bertz CT molecular complexity index is 1750. The molecule has 1 aromatic heterocycles. The Morgan fingerprint density at radius 2 is 1.28 bits per heavy atom. The molecule has 0 radical (unpaired) electrons. The van der Waals surface area contributed by atoms with Crippen LogP contribution in [0.15, 0.2) is 94.1 Å². The quantitative estimate of drug-likeness (QED) is 0.200. The zero-order valence-corrected chi connectivity index (χ0v) is 23.6. The predicted molar refractivity (Wildman–Crippen MR) is 161 cm³/mol. The summed E-state index contributed by atoms with van der Waals surface area (Å²) in [5, 5.41) is 6.13. The lowest BCUT2D eigenvalue weighted by molar-refractivity contribution is -0.117. The summed E-state index contributed by atoms with van der Waals surface area (Å²) in [6.07, 6.45) is 2.79. The Balaban J connectivity index is 0.000000210. The number of rotatable bonds is 4. The highest BCUT2D eigenvalue weighted by atomic mass is 79.9. The first-order valence-electron chi connectivity index (χ1n) is 12.9. The van der Waals surface area contributed by atoms with Gasteiger partial charge in [-0.25, -0.2) is 0 Å². The molecule has 0 unspecified atom stereocenters. The minimum atomic E-state index is 0.157. The Kier molecular flexibility index (Phi) is 7.11. The molecule has 5 aromatic rings. The molecule has 0 N–H and O–H groups in total. The predicted octanol–water partition coefficient (Wildman–Crippen LogP) is 7.78. The van der Waals surface area contributed by atoms with Crippen LogP contribution in [0.25, 0.3) is 21.9 Å². The highest BCUT2D eigenvalue weighted by molar-refractivity contribution is 9.10. The number of hydrogen-bond acceptors (Lipinski definition) is 4. The second-order valence-electron chi connectivity index (χ2n) is 10.2. The first kappa shape index (κ1) is 25.6. The van der Waals surface area contributed by atoms with Crippen molar-refractivity contribution in [1.82, 2.24) is 0 Å². The normalized spacial score (nSPS) is 13.7. The molecule has 3 nitrogen and oxygen atoms in total. The van der Waals surface area contributed by atoms with Crippen LogP contribution in [0.4, 0.5) is 0 Å². The van der Waals surface area contributed by atoms with Crippen molar-refractivity contribution < 1.29 is 14.4 Å². The van der Waals surface area contributed by atoms with Crippen LogP contribution in [-0.4, -0.2) is 17.3 Å². The van der Waals surface area contributed by atoms with Crippen molar-refractivity contribution in [3.05, 3.63) is 127 Å². The third kappa shape index (κ3) is 5.70. The second-order valence-corrected chi connectivity index (χ2v) is 11.9. The maximum Gasteiger partial charge on any atom is 0.168 e. The van der Waals surface area contributed by atoms with Crippen molar-refractivity contribution in [2.75, 3.05) is 0 Å². The number of carbonyl (C=O) groups is 3. The van der Waals surface area contributed by atoms with Gasteiger partial charge in [0.1, 0.15) is 11.6 Å². The van der Waals surface area contributed by atoms with E-state index >= 15 is 0 Å². The maximum atomic E-state index is 12.3. The Morgan fingerprint density at radius 3 is 2.03 bits per heavy atom. The van der Waals surface area contributed by atoms with Crippen LogP contribution in [0.2, 0.25) is 0 Å². The van der Waals surface area contributed by atoms with Crippen molar-refractivity contribution in [1.29, 1.82) is 0 Å². The lowest BCUT2D eigenvalue weighted by Gasteiger charge is -2.08. The first-order valence-corrected chi connectivity index (χ1v) is 14.7. The number of hydrogen-bond donors (Lipinski definition) is 0. The SMILES string of the molecule is O=C1Cc2ccc(-c3ccc4cc(CC(=O)c5ccsc5)ccc4c3)cc2C1.O=C1Cc2ccc(Br)cc2C1. The molecule has 0 aliphatic heterocycles. The summed E-state index contributed by atoms with van der Waals surface area (Å²) in [7, 11) is 0. The molecule has 192 valence electrons. The molecule has 0 bridgehead atoms. The summed E-state index contributed by atoms with van der Waals surface area (Å²) in [4.78, 5) is 35.0. The van der Waals surface area contributed by atoms with Gasteiger partial charge in [0.2, 0.25) is 0 Å². The zero-order chi connectivity index (χ0) is 26.9. The van der Waals surface area contributed by atoms with Gasteiger partial charge in [-0.05, 0) is 79.4 Å². The lowest BCUT2D eigenvalue weighted by Crippen LogP contribution is -2.01. The number of Topliss-reactive ketones (excluding diaryl/α,β-unsaturated/α-hetero) is 3. The topological polar surface area (TPSA) is 51.2 Å². The van der Waals surface area contributed by atoms with E-state index in [1.807, 2.05) is 41.1 Å². The fourth-order valence-corrected chi connectivity index (χ4v) is 6.41. The smallest absolute Gasteiger partial charge is 0.168 e. The van der Waals surface area contributed by atoms with E-state index in [0.29, 0.717) is 43.7 Å². The molecule has 2 aliphatic carbocycles. The second kappa shape index (κ2) is 10.8. The van der Waals surface area contributed by atoms with Crippen LogP contribution < -0.4 is 0 Å². The lowest BCUT2D eigenvalue weighted by atomic mass is 9.96. The van der Waals surface area contributed by atoms with Crippen molar-refractivity contribution in [2.24, 2.45) is 0 Å². The van der Waals surface area contributed by atoms with Crippen LogP contribution in [0.3, 0.4) is 0 Å². The fraction of sp³-hybridized carbons (Fsp3) is 0.147. The molecule has 0 atom stereocenters. The molecule has 0 saturated heterocycles. The van der Waals surface area contributed by atoms with Crippen molar-refractivity contribution in [3.63, 3.8) is 0 Å². The number of benzene rings is 4. The molecule has 0 fully saturated rings. The molecule has 4 aromatic carbocycles. The minimum Gasteiger partial charge on any atom is -0.299 e. The Labute approximate surface area is 239 Å². The molecule has 7 rings (SSSR count). The average molecular weight is 594 g/mol. The maximum absolute atomic E-state index is 12.3. The third-order valence-electron chi connectivity index (χ3n) is 7.37. The zero-order valence-electron chi connectivity index (χ0n) is 21.2. The van der Waals surface area contributed by atoms with Crippen LogP contribution in [-0.2, 0) is 41.7 Å². The molecule has 5 heteroatoms. The highest BCUT2D eigenvalue weighted by Gasteiger charge is 2.19. The molecule has 0 amide bonds. The summed E-state index contributed by atoms with van der Waals surface area (Å²) in [6.45, 7) is 0. The molecule has 39 heavy (non-hydrogen) atoms. The van der Waals surface area contributed by atoms with E-state index in [4.69, 9.17) is 0 Å². The van der Waals surface area contributed by atoms with Gasteiger partial charge in [-0.1, -0.05) is 70.5 Å². The van der Waals surface area contributed by atoms with Gasteiger partial charge in [0.25, 0.3) is 0 Å². The molecule has 0 spiro atoms. The average Bonchev–Trinajstić information content (AvgIpc) is 3.67. The summed E-state index contributed by atoms with van der Waals surface area (Å²) in [5.41, 5.74) is 8.81. The first-order chi connectivity index (χ1) is 18.9. The number of thiophene rings is 1. The molecular formula is C34H25BrO3S. The fourth-order valence-electron chi connectivity index (χ4n) is 5.34. The van der Waals surface area contributed by atoms with E-state index in [2.05, 4.69) is 64.5 Å². The van der Waals surface area contributed by atoms with Gasteiger partial charge < -0.3 is 0 Å². The van der Waals surface area contributed by atoms with E-state index in [-0.39, 0.29) is 5.78 Å². The molecule has 1 heterocycles. The number of ketones is 3. The van der Waals surface area contributed by atoms with Gasteiger partial charge in [-0.2, -0.15) is 11.3 Å². The summed E-state index contributed by atoms with van der Waals surface area (Å²) in [6, 6.07) is 26.9. The van der Waals surface area contributed by atoms with Gasteiger partial charge in [0.05, 0.1) is 0 Å². The van der Waals surface area contributed by atoms with Crippen molar-refractivity contribution in [2.45, 2.75) is 32.1 Å². The number of halogens is 1. The Hall–Kier alpha value is -3.67. The largest absolute Gasteiger partial charge is 0.299 e. The number of carbonyl (C=O) groups excluding carboxylic acids is 3. The van der Waals surface area contributed by atoms with Crippen LogP contribution in [0.5, 0.6) is 0 Å². The van der Waals surface area contributed by atoms with E-state index in [1.54, 1.807) is 11.3 Å². The summed E-state index contributed by atoms with van der Waals surface area (Å²) in [5.74, 6) is 0.790. The van der Waals surface area contributed by atoms with E-state index in [1.165, 1.54) is 11.1 Å². The van der Waals surface area contributed by atoms with E-state index in [0.717, 1.165) is 48.6 Å². The van der Waals surface area contributed by atoms with Crippen molar-refractivity contribution in [3.8, 4) is 11.1 Å². The molecule has 2 aliphatic rings. The van der Waals surface area contributed by atoms with Gasteiger partial charge in [0, 0.05) is 47.5 Å². The van der Waals surface area contributed by atoms with Crippen LogP contribution >= 0.6 is 27.3 Å². The summed E-state index contributed by atoms with van der Waals surface area (Å²) >= 11 is 4.92. The highest BCUT2D eigenvalue weighted by Crippen LogP contribution is 2.30. The Morgan fingerprint density at radius 1 is 0.667 bits per heavy atom. The van der Waals surface area contributed by atoms with E-state index in [9.17, 15) is 14.4 Å². The van der Waals surface area contributed by atoms with Gasteiger partial charge in [-0.3, -0.25) is 14.4 Å². The van der Waals surface area contributed by atoms with Crippen LogP contribution in [0, 0.1) is 0 Å². The molecule has 0 saturated carbocycles. The standard InChI is InChI=1S/C25H18O2S.C9H7BrO/c26-24-13-21-6-5-20(12-23(21)14-24)19-4-3-17-9-16(1-2-18(17)11-19)10-25(27)22-7-8-28-15-22;10-8-2-1-6-4-9(11)5-7(6)3-8/h1-9,11-12,15H,10,13-14H2;1-3H,4-5H2. The monoisotopic (exact) mass is 592 g/mol. The van der Waals surface area contributed by atoms with Crippen LogP contribution in [0.1, 0.15) is 38.2 Å². The van der Waals surface area contributed by atoms with Gasteiger partial charge >= 0.3 is 0 Å². The minimum absolute atomic E-state index is 0.157. The van der Waals surface area contributed by atoms with E-state index < -0.39 is 0 Å². The van der Waals surface area contributed by atoms with Crippen molar-refractivity contribution >= 4 is 55.4 Å².